The summed E-state index contributed by atoms with van der Waals surface area (Å²) in [5, 5.41) is 0. The second kappa shape index (κ2) is 8.12. The van der Waals surface area contributed by atoms with Gasteiger partial charge in [-0.3, -0.25) is 9.69 Å². The lowest BCUT2D eigenvalue weighted by atomic mass is 10.0. The van der Waals surface area contributed by atoms with Crippen molar-refractivity contribution in [1.82, 2.24) is 14.5 Å². The zero-order valence-corrected chi connectivity index (χ0v) is 18.3. The van der Waals surface area contributed by atoms with E-state index >= 15 is 0 Å². The van der Waals surface area contributed by atoms with Gasteiger partial charge in [0.1, 0.15) is 5.82 Å². The molecule has 0 unspecified atom stereocenters. The zero-order chi connectivity index (χ0) is 22.3. The Bertz CT molecular complexity index is 1220. The Morgan fingerprint density at radius 2 is 1.97 bits per heavy atom. The van der Waals surface area contributed by atoms with Crippen molar-refractivity contribution in [3.05, 3.63) is 75.1 Å². The van der Waals surface area contributed by atoms with Crippen molar-refractivity contribution in [2.75, 3.05) is 18.0 Å². The van der Waals surface area contributed by atoms with Crippen LogP contribution in [-0.4, -0.2) is 39.6 Å². The number of hydrogen-bond acceptors (Lipinski definition) is 4. The molecule has 1 saturated heterocycles. The molecular formula is C24H26FN5O. The average molecular weight is 420 g/mol. The molecule has 0 saturated carbocycles. The number of benzene rings is 1. The highest BCUT2D eigenvalue weighted by Gasteiger charge is 2.32. The summed E-state index contributed by atoms with van der Waals surface area (Å²) in [5.74, 6) is 0.137. The molecule has 2 aromatic heterocycles. The van der Waals surface area contributed by atoms with Gasteiger partial charge in [0, 0.05) is 50.4 Å². The van der Waals surface area contributed by atoms with Crippen LogP contribution in [0.5, 0.6) is 0 Å². The highest BCUT2D eigenvalue weighted by molar-refractivity contribution is 5.89. The summed E-state index contributed by atoms with van der Waals surface area (Å²) in [7, 11) is 1.72. The number of piperazine rings is 1. The highest BCUT2D eigenvalue weighted by Crippen LogP contribution is 2.30. The molecule has 0 radical (unpaired) electrons. The van der Waals surface area contributed by atoms with E-state index in [9.17, 15) is 9.18 Å². The first kappa shape index (κ1) is 21.0. The fraction of sp³-hybridized carbons (Fsp3) is 0.375. The Morgan fingerprint density at radius 3 is 2.68 bits per heavy atom. The van der Waals surface area contributed by atoms with E-state index in [1.54, 1.807) is 35.9 Å². The summed E-state index contributed by atoms with van der Waals surface area (Å²) in [5.41, 5.74) is 3.70. The van der Waals surface area contributed by atoms with Crippen molar-refractivity contribution in [3.8, 4) is 0 Å². The molecule has 0 spiro atoms. The third-order valence-corrected chi connectivity index (χ3v) is 6.31. The molecule has 1 aliphatic heterocycles. The van der Waals surface area contributed by atoms with Crippen LogP contribution in [0.4, 0.5) is 15.9 Å². The second-order valence-electron chi connectivity index (χ2n) is 8.39. The maximum atomic E-state index is 14.4. The number of anilines is 1. The van der Waals surface area contributed by atoms with Crippen LogP contribution in [0.15, 0.2) is 41.2 Å². The Morgan fingerprint density at radius 1 is 1.19 bits per heavy atom. The van der Waals surface area contributed by atoms with Gasteiger partial charge in [-0.05, 0) is 44.5 Å². The van der Waals surface area contributed by atoms with Crippen molar-refractivity contribution in [2.24, 2.45) is 7.05 Å². The van der Waals surface area contributed by atoms with E-state index in [2.05, 4.69) is 33.5 Å². The first-order valence-electron chi connectivity index (χ1n) is 10.4. The number of fused-ring (bicyclic) bond motifs is 1. The van der Waals surface area contributed by atoms with Crippen molar-refractivity contribution >= 4 is 22.5 Å². The summed E-state index contributed by atoms with van der Waals surface area (Å²) in [6.07, 6.45) is 0. The summed E-state index contributed by atoms with van der Waals surface area (Å²) < 4.78 is 16.0. The molecule has 1 aliphatic rings. The average Bonchev–Trinajstić information content (AvgIpc) is 2.75. The van der Waals surface area contributed by atoms with Gasteiger partial charge in [-0.25, -0.2) is 4.39 Å². The van der Waals surface area contributed by atoms with Crippen molar-refractivity contribution < 1.29 is 4.39 Å². The molecule has 0 N–H and O–H groups in total. The molecule has 4 rings (SSSR count). The van der Waals surface area contributed by atoms with Gasteiger partial charge in [0.2, 0.25) is 5.52 Å². The molecule has 3 heterocycles. The van der Waals surface area contributed by atoms with E-state index in [0.717, 1.165) is 23.4 Å². The zero-order valence-electron chi connectivity index (χ0n) is 18.3. The van der Waals surface area contributed by atoms with E-state index < -0.39 is 0 Å². The quantitative estimate of drug-likeness (QED) is 0.602. The van der Waals surface area contributed by atoms with Gasteiger partial charge < -0.3 is 14.3 Å². The molecule has 0 bridgehead atoms. The van der Waals surface area contributed by atoms with E-state index in [0.29, 0.717) is 29.9 Å². The Balaban J connectivity index is 1.69. The summed E-state index contributed by atoms with van der Waals surface area (Å²) in [6.45, 7) is 15.4. The minimum Gasteiger partial charge on any atom is -0.362 e. The normalized spacial score (nSPS) is 19.5. The minimum absolute atomic E-state index is 0.0944. The number of halogens is 1. The smallest absolute Gasteiger partial charge is 0.270 e. The van der Waals surface area contributed by atoms with Gasteiger partial charge in [0.15, 0.2) is 0 Å². The van der Waals surface area contributed by atoms with Gasteiger partial charge >= 0.3 is 0 Å². The standard InChI is InChI=1S/C24H26FN5O/c1-15-7-6-8-19(25)18(15)14-29-12-17(3)30(13-16(29)2)21-11-23(31)28(5)20-9-10-22(26-4)27-24(20)21/h6-11,16-17H,12-14H2,1-3,5H3/t16-,17+/m1/s1. The van der Waals surface area contributed by atoms with Crippen LogP contribution in [-0.2, 0) is 13.6 Å². The van der Waals surface area contributed by atoms with Gasteiger partial charge in [-0.1, -0.05) is 18.7 Å². The minimum atomic E-state index is -0.171. The summed E-state index contributed by atoms with van der Waals surface area (Å²) >= 11 is 0. The highest BCUT2D eigenvalue weighted by atomic mass is 19.1. The lowest BCUT2D eigenvalue weighted by molar-refractivity contribution is 0.156. The summed E-state index contributed by atoms with van der Waals surface area (Å²) in [6, 6.07) is 10.5. The van der Waals surface area contributed by atoms with Gasteiger partial charge in [0.05, 0.1) is 11.2 Å². The molecule has 31 heavy (non-hydrogen) atoms. The van der Waals surface area contributed by atoms with Crippen molar-refractivity contribution in [3.63, 3.8) is 0 Å². The first-order chi connectivity index (χ1) is 14.8. The Kier molecular flexibility index (Phi) is 5.50. The molecule has 2 atom stereocenters. The molecule has 0 aliphatic carbocycles. The number of hydrogen-bond donors (Lipinski definition) is 0. The molecule has 6 nitrogen and oxygen atoms in total. The third kappa shape index (κ3) is 3.79. The first-order valence-corrected chi connectivity index (χ1v) is 10.4. The second-order valence-corrected chi connectivity index (χ2v) is 8.39. The molecule has 1 fully saturated rings. The monoisotopic (exact) mass is 419 g/mol. The molecule has 160 valence electrons. The fourth-order valence-corrected chi connectivity index (χ4v) is 4.41. The van der Waals surface area contributed by atoms with Gasteiger partial charge in [0.25, 0.3) is 11.4 Å². The maximum Gasteiger partial charge on any atom is 0.270 e. The van der Waals surface area contributed by atoms with Crippen LogP contribution < -0.4 is 10.5 Å². The van der Waals surface area contributed by atoms with Crippen LogP contribution in [0.3, 0.4) is 0 Å². The van der Waals surface area contributed by atoms with E-state index in [4.69, 9.17) is 6.57 Å². The molecule has 3 aromatic rings. The van der Waals surface area contributed by atoms with Gasteiger partial charge in [-0.15, -0.1) is 4.98 Å². The predicted octanol–water partition coefficient (Wildman–Crippen LogP) is 4.03. The molecule has 0 amide bonds. The van der Waals surface area contributed by atoms with Crippen LogP contribution in [0.1, 0.15) is 25.0 Å². The van der Waals surface area contributed by atoms with Crippen LogP contribution in [0.25, 0.3) is 15.9 Å². The van der Waals surface area contributed by atoms with Crippen molar-refractivity contribution in [1.29, 1.82) is 0 Å². The van der Waals surface area contributed by atoms with E-state index in [-0.39, 0.29) is 23.5 Å². The van der Waals surface area contributed by atoms with Gasteiger partial charge in [-0.2, -0.15) is 0 Å². The largest absolute Gasteiger partial charge is 0.362 e. The Labute approximate surface area is 181 Å². The summed E-state index contributed by atoms with van der Waals surface area (Å²) in [4.78, 5) is 25.1. The topological polar surface area (TPSA) is 45.7 Å². The lowest BCUT2D eigenvalue weighted by Gasteiger charge is -2.45. The fourth-order valence-electron chi connectivity index (χ4n) is 4.41. The maximum absolute atomic E-state index is 14.4. The third-order valence-electron chi connectivity index (χ3n) is 6.31. The number of aryl methyl sites for hydroxylation is 2. The van der Waals surface area contributed by atoms with Crippen LogP contribution in [0, 0.1) is 19.3 Å². The lowest BCUT2D eigenvalue weighted by Crippen LogP contribution is -2.56. The molecule has 1 aromatic carbocycles. The Hall–Kier alpha value is -3.24. The SMILES string of the molecule is [C-]#[N+]c1ccc2c(n1)c(N1C[C@@H](C)N(Cc3c(C)cccc3F)C[C@@H]1C)cc(=O)n2C. The molecule has 7 heteroatoms. The predicted molar refractivity (Wildman–Crippen MR) is 121 cm³/mol. The van der Waals surface area contributed by atoms with Crippen molar-refractivity contribution in [2.45, 2.75) is 39.4 Å². The van der Waals surface area contributed by atoms with E-state index in [1.807, 2.05) is 13.0 Å². The van der Waals surface area contributed by atoms with Crippen LogP contribution in [0.2, 0.25) is 0 Å². The number of nitrogens with zero attached hydrogens (tertiary/aromatic N) is 5. The number of aromatic nitrogens is 2. The van der Waals surface area contributed by atoms with Crippen LogP contribution >= 0.6 is 0 Å². The van der Waals surface area contributed by atoms with E-state index in [1.165, 1.54) is 6.07 Å². The number of rotatable bonds is 3. The number of pyridine rings is 2. The molecular weight excluding hydrogens is 393 g/mol.